The lowest BCUT2D eigenvalue weighted by atomic mass is 10.2. The van der Waals surface area contributed by atoms with Crippen molar-refractivity contribution >= 4 is 21.9 Å². The first kappa shape index (κ1) is 23.4. The molecular weight excluding hydrogens is 408 g/mol. The largest absolute Gasteiger partial charge is 0.497 e. The Morgan fingerprint density at radius 2 is 1.57 bits per heavy atom. The molecule has 0 bridgehead atoms. The molecular formula is C21H26N2O6S. The zero-order valence-corrected chi connectivity index (χ0v) is 18.1. The Morgan fingerprint density at radius 1 is 0.967 bits per heavy atom. The van der Waals surface area contributed by atoms with E-state index in [1.165, 1.54) is 28.6 Å². The van der Waals surface area contributed by atoms with Gasteiger partial charge in [-0.1, -0.05) is 26.0 Å². The van der Waals surface area contributed by atoms with Crippen LogP contribution in [0.3, 0.4) is 0 Å². The number of carbonyl (C=O) groups excluding carboxylic acids is 2. The maximum absolute atomic E-state index is 12.5. The van der Waals surface area contributed by atoms with E-state index in [1.807, 2.05) is 12.1 Å². The summed E-state index contributed by atoms with van der Waals surface area (Å²) in [5, 5.41) is 2.66. The van der Waals surface area contributed by atoms with Crippen LogP contribution in [-0.4, -0.2) is 51.4 Å². The summed E-state index contributed by atoms with van der Waals surface area (Å²) in [5.74, 6) is -0.434. The molecule has 0 spiro atoms. The van der Waals surface area contributed by atoms with Gasteiger partial charge in [0.05, 0.1) is 17.6 Å². The van der Waals surface area contributed by atoms with Gasteiger partial charge in [-0.2, -0.15) is 4.31 Å². The number of nitrogens with one attached hydrogen (secondary N) is 1. The standard InChI is InChI=1S/C21H26N2O6S/c1-4-23(5-2)30(26,27)19-12-8-17(9-13-19)21(25)29-15-20(24)22-14-16-6-10-18(28-3)11-7-16/h6-13H,4-5,14-15H2,1-3H3,(H,22,24). The first-order chi connectivity index (χ1) is 14.3. The van der Waals surface area contributed by atoms with Gasteiger partial charge in [0.2, 0.25) is 10.0 Å². The Labute approximate surface area is 176 Å². The molecule has 1 amide bonds. The molecule has 0 aliphatic rings. The quantitative estimate of drug-likeness (QED) is 0.575. The third kappa shape index (κ3) is 6.04. The van der Waals surface area contributed by atoms with E-state index in [-0.39, 0.29) is 17.0 Å². The Balaban J connectivity index is 1.87. The summed E-state index contributed by atoms with van der Waals surface area (Å²) in [6.45, 7) is 4.08. The van der Waals surface area contributed by atoms with Gasteiger partial charge in [-0.15, -0.1) is 0 Å². The third-order valence-electron chi connectivity index (χ3n) is 4.42. The van der Waals surface area contributed by atoms with Crippen molar-refractivity contribution in [1.29, 1.82) is 0 Å². The summed E-state index contributed by atoms with van der Waals surface area (Å²) in [6, 6.07) is 12.7. The molecule has 162 valence electrons. The first-order valence-corrected chi connectivity index (χ1v) is 10.9. The molecule has 0 aromatic heterocycles. The number of hydrogen-bond donors (Lipinski definition) is 1. The van der Waals surface area contributed by atoms with Crippen molar-refractivity contribution in [3.8, 4) is 5.75 Å². The predicted molar refractivity (Wildman–Crippen MR) is 112 cm³/mol. The molecule has 0 atom stereocenters. The molecule has 0 aliphatic heterocycles. The maximum atomic E-state index is 12.5. The van der Waals surface area contributed by atoms with E-state index < -0.39 is 28.5 Å². The van der Waals surface area contributed by atoms with Gasteiger partial charge in [0, 0.05) is 19.6 Å². The molecule has 1 N–H and O–H groups in total. The van der Waals surface area contributed by atoms with Crippen LogP contribution < -0.4 is 10.1 Å². The van der Waals surface area contributed by atoms with Crippen molar-refractivity contribution in [2.24, 2.45) is 0 Å². The van der Waals surface area contributed by atoms with Gasteiger partial charge in [-0.3, -0.25) is 4.79 Å². The predicted octanol–water partition coefficient (Wildman–Crippen LogP) is 2.20. The van der Waals surface area contributed by atoms with Crippen molar-refractivity contribution in [2.45, 2.75) is 25.3 Å². The molecule has 0 radical (unpaired) electrons. The van der Waals surface area contributed by atoms with Gasteiger partial charge in [0.1, 0.15) is 5.75 Å². The second-order valence-corrected chi connectivity index (χ2v) is 8.25. The number of rotatable bonds is 10. The second-order valence-electron chi connectivity index (χ2n) is 6.31. The molecule has 2 rings (SSSR count). The van der Waals surface area contributed by atoms with E-state index in [1.54, 1.807) is 33.1 Å². The monoisotopic (exact) mass is 434 g/mol. The smallest absolute Gasteiger partial charge is 0.338 e. The van der Waals surface area contributed by atoms with Gasteiger partial charge in [0.15, 0.2) is 6.61 Å². The van der Waals surface area contributed by atoms with E-state index in [0.717, 1.165) is 11.3 Å². The second kappa shape index (κ2) is 10.7. The highest BCUT2D eigenvalue weighted by Gasteiger charge is 2.22. The van der Waals surface area contributed by atoms with Crippen LogP contribution in [0, 0.1) is 0 Å². The van der Waals surface area contributed by atoms with Crippen molar-refractivity contribution in [2.75, 3.05) is 26.8 Å². The molecule has 8 nitrogen and oxygen atoms in total. The third-order valence-corrected chi connectivity index (χ3v) is 6.48. The zero-order valence-electron chi connectivity index (χ0n) is 17.3. The van der Waals surface area contributed by atoms with Crippen LogP contribution >= 0.6 is 0 Å². The molecule has 0 fully saturated rings. The summed E-state index contributed by atoms with van der Waals surface area (Å²) in [7, 11) is -2.03. The molecule has 0 heterocycles. The minimum atomic E-state index is -3.60. The SMILES string of the molecule is CCN(CC)S(=O)(=O)c1ccc(C(=O)OCC(=O)NCc2ccc(OC)cc2)cc1. The molecule has 2 aromatic rings. The van der Waals surface area contributed by atoms with Crippen LogP contribution in [0.25, 0.3) is 0 Å². The Hall–Kier alpha value is -2.91. The first-order valence-electron chi connectivity index (χ1n) is 9.48. The molecule has 30 heavy (non-hydrogen) atoms. The number of amides is 1. The Morgan fingerprint density at radius 3 is 2.10 bits per heavy atom. The number of esters is 1. The fraction of sp³-hybridized carbons (Fsp3) is 0.333. The number of hydrogen-bond acceptors (Lipinski definition) is 6. The molecule has 0 aliphatic carbocycles. The van der Waals surface area contributed by atoms with Gasteiger partial charge >= 0.3 is 5.97 Å². The van der Waals surface area contributed by atoms with E-state index in [0.29, 0.717) is 13.1 Å². The fourth-order valence-corrected chi connectivity index (χ4v) is 4.14. The average Bonchev–Trinajstić information content (AvgIpc) is 2.77. The topological polar surface area (TPSA) is 102 Å². The lowest BCUT2D eigenvalue weighted by Crippen LogP contribution is -2.30. The van der Waals surface area contributed by atoms with Crippen molar-refractivity contribution in [3.63, 3.8) is 0 Å². The van der Waals surface area contributed by atoms with Gasteiger partial charge in [-0.25, -0.2) is 13.2 Å². The number of carbonyl (C=O) groups is 2. The number of sulfonamides is 1. The van der Waals surface area contributed by atoms with Gasteiger partial charge in [0.25, 0.3) is 5.91 Å². The maximum Gasteiger partial charge on any atom is 0.338 e. The van der Waals surface area contributed by atoms with Crippen molar-refractivity contribution < 1.29 is 27.5 Å². The number of methoxy groups -OCH3 is 1. The summed E-state index contributed by atoms with van der Waals surface area (Å²) in [5.41, 5.74) is 1.04. The highest BCUT2D eigenvalue weighted by molar-refractivity contribution is 7.89. The molecule has 2 aromatic carbocycles. The Kier molecular flexibility index (Phi) is 8.37. The molecule has 0 unspecified atom stereocenters. The minimum Gasteiger partial charge on any atom is -0.497 e. The van der Waals surface area contributed by atoms with Crippen molar-refractivity contribution in [1.82, 2.24) is 9.62 Å². The van der Waals surface area contributed by atoms with Crippen LogP contribution in [0.1, 0.15) is 29.8 Å². The highest BCUT2D eigenvalue weighted by Crippen LogP contribution is 2.16. The van der Waals surface area contributed by atoms with E-state index in [2.05, 4.69) is 5.32 Å². The van der Waals surface area contributed by atoms with Crippen LogP contribution in [0.2, 0.25) is 0 Å². The molecule has 9 heteroatoms. The van der Waals surface area contributed by atoms with Crippen LogP contribution in [0.5, 0.6) is 5.75 Å². The van der Waals surface area contributed by atoms with E-state index >= 15 is 0 Å². The lowest BCUT2D eigenvalue weighted by Gasteiger charge is -2.18. The highest BCUT2D eigenvalue weighted by atomic mass is 32.2. The normalized spacial score (nSPS) is 11.2. The lowest BCUT2D eigenvalue weighted by molar-refractivity contribution is -0.124. The fourth-order valence-electron chi connectivity index (χ4n) is 2.69. The minimum absolute atomic E-state index is 0.0972. The van der Waals surface area contributed by atoms with Crippen LogP contribution in [0.4, 0.5) is 0 Å². The molecule has 0 saturated heterocycles. The van der Waals surface area contributed by atoms with Crippen molar-refractivity contribution in [3.05, 3.63) is 59.7 Å². The molecule has 0 saturated carbocycles. The van der Waals surface area contributed by atoms with Gasteiger partial charge < -0.3 is 14.8 Å². The zero-order chi connectivity index (χ0) is 22.1. The van der Waals surface area contributed by atoms with Crippen LogP contribution in [0.15, 0.2) is 53.4 Å². The average molecular weight is 435 g/mol. The summed E-state index contributed by atoms with van der Waals surface area (Å²) >= 11 is 0. The Bertz CT molecular complexity index is 952. The van der Waals surface area contributed by atoms with E-state index in [4.69, 9.17) is 9.47 Å². The number of benzene rings is 2. The summed E-state index contributed by atoms with van der Waals surface area (Å²) in [4.78, 5) is 24.1. The summed E-state index contributed by atoms with van der Waals surface area (Å²) < 4.78 is 36.3. The van der Waals surface area contributed by atoms with Crippen LogP contribution in [-0.2, 0) is 26.1 Å². The van der Waals surface area contributed by atoms with E-state index in [9.17, 15) is 18.0 Å². The summed E-state index contributed by atoms with van der Waals surface area (Å²) in [6.07, 6.45) is 0. The number of nitrogens with zero attached hydrogens (tertiary/aromatic N) is 1. The van der Waals surface area contributed by atoms with Gasteiger partial charge in [-0.05, 0) is 42.0 Å². The number of ether oxygens (including phenoxy) is 2.